The van der Waals surface area contributed by atoms with Crippen LogP contribution in [-0.4, -0.2) is 33.8 Å². The van der Waals surface area contributed by atoms with Crippen molar-refractivity contribution < 1.29 is 22.7 Å². The zero-order chi connectivity index (χ0) is 24.6. The number of carbonyl (C=O) groups excluding carboxylic acids is 1. The van der Waals surface area contributed by atoms with Crippen molar-refractivity contribution in [2.45, 2.75) is 29.7 Å². The highest BCUT2D eigenvalue weighted by Gasteiger charge is 2.15. The van der Waals surface area contributed by atoms with E-state index in [-0.39, 0.29) is 23.5 Å². The van der Waals surface area contributed by atoms with E-state index in [1.807, 2.05) is 44.4 Å². The van der Waals surface area contributed by atoms with Gasteiger partial charge in [0.05, 0.1) is 17.5 Å². The van der Waals surface area contributed by atoms with E-state index < -0.39 is 10.0 Å². The molecule has 3 rings (SSSR count). The Morgan fingerprint density at radius 3 is 2.09 bits per heavy atom. The van der Waals surface area contributed by atoms with Crippen LogP contribution in [-0.2, 0) is 14.8 Å². The molecule has 0 saturated carbocycles. The van der Waals surface area contributed by atoms with Crippen LogP contribution >= 0.6 is 11.8 Å². The highest BCUT2D eigenvalue weighted by molar-refractivity contribution is 7.98. The fourth-order valence-electron chi connectivity index (χ4n) is 3.12. The molecule has 3 aromatic carbocycles. The Bertz CT molecular complexity index is 1180. The Balaban J connectivity index is 1.52. The lowest BCUT2D eigenvalue weighted by molar-refractivity contribution is -0.123. The zero-order valence-corrected chi connectivity index (χ0v) is 20.9. The number of hydrogen-bond donors (Lipinski definition) is 2. The van der Waals surface area contributed by atoms with E-state index in [1.54, 1.807) is 36.0 Å². The average Bonchev–Trinajstić information content (AvgIpc) is 2.84. The molecular formula is C25H28N2O5S2. The highest BCUT2D eigenvalue weighted by atomic mass is 32.2. The first kappa shape index (κ1) is 25.5. The summed E-state index contributed by atoms with van der Waals surface area (Å²) in [5, 5.41) is 2.89. The third kappa shape index (κ3) is 7.16. The molecule has 9 heteroatoms. The first-order chi connectivity index (χ1) is 16.3. The Morgan fingerprint density at radius 1 is 0.912 bits per heavy atom. The Kier molecular flexibility index (Phi) is 8.84. The van der Waals surface area contributed by atoms with Crippen molar-refractivity contribution in [2.75, 3.05) is 24.2 Å². The standard InChI is InChI=1S/C25H28N2O5S2/c1-4-31-21-9-7-20(8-10-21)27-34(29,30)24-15-11-22(12-16-24)32-17-25(28)26-18(2)19-5-13-23(33-3)14-6-19/h5-16,18,27H,4,17H2,1-3H3,(H,26,28). The molecule has 1 amide bonds. The molecule has 0 radical (unpaired) electrons. The molecule has 7 nitrogen and oxygen atoms in total. The summed E-state index contributed by atoms with van der Waals surface area (Å²) in [7, 11) is -3.77. The highest BCUT2D eigenvalue weighted by Crippen LogP contribution is 2.22. The summed E-state index contributed by atoms with van der Waals surface area (Å²) in [6.45, 7) is 4.14. The van der Waals surface area contributed by atoms with E-state index in [0.29, 0.717) is 23.8 Å². The maximum atomic E-state index is 12.6. The molecule has 0 heterocycles. The third-order valence-electron chi connectivity index (χ3n) is 4.91. The van der Waals surface area contributed by atoms with Crippen molar-refractivity contribution in [3.05, 3.63) is 78.4 Å². The number of sulfonamides is 1. The molecule has 0 spiro atoms. The first-order valence-electron chi connectivity index (χ1n) is 10.7. The lowest BCUT2D eigenvalue weighted by atomic mass is 10.1. The number of hydrogen-bond acceptors (Lipinski definition) is 6. The molecular weight excluding hydrogens is 472 g/mol. The third-order valence-corrected chi connectivity index (χ3v) is 7.06. The van der Waals surface area contributed by atoms with Gasteiger partial charge in [0.15, 0.2) is 6.61 Å². The summed E-state index contributed by atoms with van der Waals surface area (Å²) >= 11 is 1.66. The number of ether oxygens (including phenoxy) is 2. The average molecular weight is 501 g/mol. The maximum absolute atomic E-state index is 12.6. The number of carbonyl (C=O) groups is 1. The van der Waals surface area contributed by atoms with Gasteiger partial charge in [-0.2, -0.15) is 0 Å². The monoisotopic (exact) mass is 500 g/mol. The van der Waals surface area contributed by atoms with Gasteiger partial charge >= 0.3 is 0 Å². The van der Waals surface area contributed by atoms with Gasteiger partial charge in [-0.05, 0) is 86.3 Å². The largest absolute Gasteiger partial charge is 0.494 e. The molecule has 0 aromatic heterocycles. The fraction of sp³-hybridized carbons (Fsp3) is 0.240. The van der Waals surface area contributed by atoms with Crippen LogP contribution < -0.4 is 19.5 Å². The second-order valence-electron chi connectivity index (χ2n) is 7.39. The number of rotatable bonds is 11. The topological polar surface area (TPSA) is 93.7 Å². The minimum atomic E-state index is -3.77. The van der Waals surface area contributed by atoms with E-state index in [1.165, 1.54) is 24.3 Å². The normalized spacial score (nSPS) is 12.0. The number of nitrogens with one attached hydrogen (secondary N) is 2. The van der Waals surface area contributed by atoms with Crippen LogP contribution in [0.3, 0.4) is 0 Å². The zero-order valence-electron chi connectivity index (χ0n) is 19.3. The molecule has 0 aliphatic heterocycles. The van der Waals surface area contributed by atoms with E-state index >= 15 is 0 Å². The molecule has 1 unspecified atom stereocenters. The maximum Gasteiger partial charge on any atom is 0.261 e. The predicted octanol–water partition coefficient (Wildman–Crippen LogP) is 4.86. The van der Waals surface area contributed by atoms with Crippen molar-refractivity contribution in [2.24, 2.45) is 0 Å². The summed E-state index contributed by atoms with van der Waals surface area (Å²) in [5.41, 5.74) is 1.43. The molecule has 0 bridgehead atoms. The molecule has 2 N–H and O–H groups in total. The van der Waals surface area contributed by atoms with Crippen LogP contribution in [0.15, 0.2) is 82.6 Å². The van der Waals surface area contributed by atoms with Crippen molar-refractivity contribution >= 4 is 33.4 Å². The van der Waals surface area contributed by atoms with Crippen molar-refractivity contribution in [3.63, 3.8) is 0 Å². The lowest BCUT2D eigenvalue weighted by Crippen LogP contribution is -2.31. The Labute approximate surface area is 204 Å². The molecule has 0 aliphatic rings. The fourth-order valence-corrected chi connectivity index (χ4v) is 4.59. The van der Waals surface area contributed by atoms with Gasteiger partial charge in [-0.25, -0.2) is 8.42 Å². The van der Waals surface area contributed by atoms with Crippen LogP contribution in [0.4, 0.5) is 5.69 Å². The minimum absolute atomic E-state index is 0.0838. The van der Waals surface area contributed by atoms with Gasteiger partial charge in [0.25, 0.3) is 15.9 Å². The van der Waals surface area contributed by atoms with Gasteiger partial charge < -0.3 is 14.8 Å². The summed E-state index contributed by atoms with van der Waals surface area (Å²) in [4.78, 5) is 13.5. The second-order valence-corrected chi connectivity index (χ2v) is 9.95. The number of benzene rings is 3. The van der Waals surface area contributed by atoms with Crippen LogP contribution in [0, 0.1) is 0 Å². The van der Waals surface area contributed by atoms with Gasteiger partial charge in [-0.1, -0.05) is 12.1 Å². The molecule has 0 saturated heterocycles. The summed E-state index contributed by atoms with van der Waals surface area (Å²) in [5.74, 6) is 0.793. The van der Waals surface area contributed by atoms with Crippen molar-refractivity contribution in [1.82, 2.24) is 5.32 Å². The summed E-state index contributed by atoms with van der Waals surface area (Å²) in [6.07, 6.45) is 2.01. The Hall–Kier alpha value is -3.17. The van der Waals surface area contributed by atoms with Gasteiger partial charge in [0, 0.05) is 10.6 Å². The second kappa shape index (κ2) is 11.8. The summed E-state index contributed by atoms with van der Waals surface area (Å²) in [6, 6.07) is 20.4. The SMILES string of the molecule is CCOc1ccc(NS(=O)(=O)c2ccc(OCC(=O)NC(C)c3ccc(SC)cc3)cc2)cc1. The van der Waals surface area contributed by atoms with Gasteiger partial charge in [-0.15, -0.1) is 11.8 Å². The minimum Gasteiger partial charge on any atom is -0.494 e. The van der Waals surface area contributed by atoms with Crippen LogP contribution in [0.1, 0.15) is 25.5 Å². The smallest absolute Gasteiger partial charge is 0.261 e. The molecule has 1 atom stereocenters. The Morgan fingerprint density at radius 2 is 1.50 bits per heavy atom. The van der Waals surface area contributed by atoms with E-state index in [2.05, 4.69) is 10.0 Å². The van der Waals surface area contributed by atoms with E-state index in [0.717, 1.165) is 10.5 Å². The predicted molar refractivity (Wildman–Crippen MR) is 135 cm³/mol. The van der Waals surface area contributed by atoms with Crippen LogP contribution in [0.2, 0.25) is 0 Å². The number of thioether (sulfide) groups is 1. The van der Waals surface area contributed by atoms with Gasteiger partial charge in [0.1, 0.15) is 11.5 Å². The summed E-state index contributed by atoms with van der Waals surface area (Å²) < 4.78 is 38.7. The van der Waals surface area contributed by atoms with E-state index in [9.17, 15) is 13.2 Å². The molecule has 0 fully saturated rings. The first-order valence-corrected chi connectivity index (χ1v) is 13.4. The van der Waals surface area contributed by atoms with Gasteiger partial charge in [0.2, 0.25) is 0 Å². The number of amides is 1. The lowest BCUT2D eigenvalue weighted by Gasteiger charge is -2.15. The number of anilines is 1. The van der Waals surface area contributed by atoms with Crippen molar-refractivity contribution in [1.29, 1.82) is 0 Å². The molecule has 34 heavy (non-hydrogen) atoms. The van der Waals surface area contributed by atoms with Crippen LogP contribution in [0.5, 0.6) is 11.5 Å². The molecule has 0 aliphatic carbocycles. The quantitative estimate of drug-likeness (QED) is 0.365. The van der Waals surface area contributed by atoms with Gasteiger partial charge in [-0.3, -0.25) is 9.52 Å². The molecule has 180 valence electrons. The van der Waals surface area contributed by atoms with E-state index in [4.69, 9.17) is 9.47 Å². The van der Waals surface area contributed by atoms with Crippen LogP contribution in [0.25, 0.3) is 0 Å². The van der Waals surface area contributed by atoms with Crippen molar-refractivity contribution in [3.8, 4) is 11.5 Å². The molecule has 3 aromatic rings.